The molecule has 2 aromatic rings. The van der Waals surface area contributed by atoms with E-state index in [0.717, 1.165) is 24.1 Å². The van der Waals surface area contributed by atoms with Crippen LogP contribution in [0.1, 0.15) is 36.1 Å². The molecule has 0 radical (unpaired) electrons. The Morgan fingerprint density at radius 3 is 2.57 bits per heavy atom. The van der Waals surface area contributed by atoms with E-state index in [0.29, 0.717) is 15.1 Å². The summed E-state index contributed by atoms with van der Waals surface area (Å²) in [4.78, 5) is 0. The van der Waals surface area contributed by atoms with Crippen LogP contribution in [0.3, 0.4) is 0 Å². The van der Waals surface area contributed by atoms with Gasteiger partial charge in [-0.1, -0.05) is 42.8 Å². The molecular weight excluding hydrogens is 353 g/mol. The molecule has 0 fully saturated rings. The molecule has 0 aromatic heterocycles. The van der Waals surface area contributed by atoms with E-state index in [2.05, 4.69) is 28.2 Å². The van der Waals surface area contributed by atoms with E-state index in [1.807, 2.05) is 37.3 Å². The molecule has 1 unspecified atom stereocenters. The molecule has 112 valence electrons. The highest BCUT2D eigenvalue weighted by Crippen LogP contribution is 2.32. The number of hydrogen-bond acceptors (Lipinski definition) is 1. The van der Waals surface area contributed by atoms with Crippen LogP contribution in [0.25, 0.3) is 0 Å². The normalized spacial score (nSPS) is 12.4. The lowest BCUT2D eigenvalue weighted by Gasteiger charge is -2.23. The van der Waals surface area contributed by atoms with E-state index in [-0.39, 0.29) is 11.9 Å². The van der Waals surface area contributed by atoms with Crippen LogP contribution in [0.4, 0.5) is 4.39 Å². The van der Waals surface area contributed by atoms with Crippen molar-refractivity contribution < 1.29 is 4.39 Å². The minimum Gasteiger partial charge on any atom is -0.306 e. The quantitative estimate of drug-likeness (QED) is 0.718. The molecule has 0 bridgehead atoms. The molecule has 1 atom stereocenters. The number of hydrogen-bond donors (Lipinski definition) is 1. The first-order valence-electron chi connectivity index (χ1n) is 6.98. The van der Waals surface area contributed by atoms with E-state index in [4.69, 9.17) is 11.6 Å². The third-order valence-electron chi connectivity index (χ3n) is 3.51. The molecule has 1 N–H and O–H groups in total. The van der Waals surface area contributed by atoms with Crippen LogP contribution in [0.15, 0.2) is 40.9 Å². The molecule has 0 aliphatic carbocycles. The molecule has 0 saturated heterocycles. The van der Waals surface area contributed by atoms with Crippen molar-refractivity contribution in [2.45, 2.75) is 26.3 Å². The Morgan fingerprint density at radius 2 is 1.86 bits per heavy atom. The lowest BCUT2D eigenvalue weighted by atomic mass is 9.94. The van der Waals surface area contributed by atoms with E-state index < -0.39 is 0 Å². The largest absolute Gasteiger partial charge is 0.306 e. The van der Waals surface area contributed by atoms with Crippen LogP contribution in [0, 0.1) is 12.7 Å². The monoisotopic (exact) mass is 369 g/mol. The van der Waals surface area contributed by atoms with Gasteiger partial charge in [-0.25, -0.2) is 4.39 Å². The van der Waals surface area contributed by atoms with Gasteiger partial charge in [0.1, 0.15) is 5.82 Å². The zero-order valence-electron chi connectivity index (χ0n) is 12.1. The van der Waals surface area contributed by atoms with Gasteiger partial charge in [-0.15, -0.1) is 0 Å². The van der Waals surface area contributed by atoms with Crippen molar-refractivity contribution in [3.05, 3.63) is 68.4 Å². The molecule has 0 aliphatic rings. The van der Waals surface area contributed by atoms with Crippen LogP contribution in [-0.2, 0) is 0 Å². The van der Waals surface area contributed by atoms with Crippen LogP contribution in [0.5, 0.6) is 0 Å². The van der Waals surface area contributed by atoms with Crippen molar-refractivity contribution in [1.82, 2.24) is 5.32 Å². The minimum absolute atomic E-state index is 0.207. The first-order chi connectivity index (χ1) is 10.1. The average Bonchev–Trinajstić information content (AvgIpc) is 2.47. The van der Waals surface area contributed by atoms with Crippen molar-refractivity contribution in [3.63, 3.8) is 0 Å². The maximum Gasteiger partial charge on any atom is 0.142 e. The minimum atomic E-state index is -0.231. The third-order valence-corrected chi connectivity index (χ3v) is 4.53. The standard InChI is InChI=1S/C17H18BrClFN/c1-3-10-21-17(12-6-5-9-15(19)11(12)2)13-7-4-8-14(18)16(13)20/h4-9,17,21H,3,10H2,1-2H3. The van der Waals surface area contributed by atoms with Gasteiger partial charge in [-0.3, -0.25) is 0 Å². The Balaban J connectivity index is 2.52. The van der Waals surface area contributed by atoms with Gasteiger partial charge in [0, 0.05) is 10.6 Å². The summed E-state index contributed by atoms with van der Waals surface area (Å²) in [5.41, 5.74) is 2.61. The molecule has 4 heteroatoms. The summed E-state index contributed by atoms with van der Waals surface area (Å²) in [6, 6.07) is 10.9. The van der Waals surface area contributed by atoms with Crippen molar-refractivity contribution >= 4 is 27.5 Å². The van der Waals surface area contributed by atoms with Gasteiger partial charge in [-0.05, 0) is 59.1 Å². The topological polar surface area (TPSA) is 12.0 Å². The Kier molecular flexibility index (Phi) is 5.80. The lowest BCUT2D eigenvalue weighted by molar-refractivity contribution is 0.542. The van der Waals surface area contributed by atoms with Crippen molar-refractivity contribution in [1.29, 1.82) is 0 Å². The second kappa shape index (κ2) is 7.39. The number of benzene rings is 2. The van der Waals surface area contributed by atoms with Gasteiger partial charge >= 0.3 is 0 Å². The van der Waals surface area contributed by atoms with E-state index >= 15 is 0 Å². The molecule has 0 aliphatic heterocycles. The summed E-state index contributed by atoms with van der Waals surface area (Å²) >= 11 is 9.48. The molecule has 1 nitrogen and oxygen atoms in total. The highest BCUT2D eigenvalue weighted by Gasteiger charge is 2.20. The average molecular weight is 371 g/mol. The van der Waals surface area contributed by atoms with E-state index in [1.54, 1.807) is 6.07 Å². The summed E-state index contributed by atoms with van der Waals surface area (Å²) in [7, 11) is 0. The molecular formula is C17H18BrClFN. The third kappa shape index (κ3) is 3.65. The second-order valence-electron chi connectivity index (χ2n) is 4.98. The highest BCUT2D eigenvalue weighted by atomic mass is 79.9. The fourth-order valence-corrected chi connectivity index (χ4v) is 2.92. The molecule has 0 heterocycles. The van der Waals surface area contributed by atoms with Crippen molar-refractivity contribution in [2.75, 3.05) is 6.54 Å². The maximum atomic E-state index is 14.5. The predicted octanol–water partition coefficient (Wildman–Crippen LogP) is 5.64. The fraction of sp³-hybridized carbons (Fsp3) is 0.294. The molecule has 0 amide bonds. The summed E-state index contributed by atoms with van der Waals surface area (Å²) < 4.78 is 15.0. The van der Waals surface area contributed by atoms with Gasteiger partial charge < -0.3 is 5.32 Å². The molecule has 2 aromatic carbocycles. The first-order valence-corrected chi connectivity index (χ1v) is 8.15. The zero-order valence-corrected chi connectivity index (χ0v) is 14.4. The van der Waals surface area contributed by atoms with E-state index in [1.165, 1.54) is 0 Å². The SMILES string of the molecule is CCCNC(c1cccc(Cl)c1C)c1cccc(Br)c1F. The van der Waals surface area contributed by atoms with Gasteiger partial charge in [0.25, 0.3) is 0 Å². The van der Waals surface area contributed by atoms with Crippen molar-refractivity contribution in [2.24, 2.45) is 0 Å². The zero-order chi connectivity index (χ0) is 15.4. The Bertz CT molecular complexity index is 579. The summed E-state index contributed by atoms with van der Waals surface area (Å²) in [5.74, 6) is -0.231. The Hall–Kier alpha value is -0.900. The van der Waals surface area contributed by atoms with Crippen LogP contribution < -0.4 is 5.32 Å². The lowest BCUT2D eigenvalue weighted by Crippen LogP contribution is -2.25. The molecule has 0 spiro atoms. The number of halogens is 3. The molecule has 0 saturated carbocycles. The first kappa shape index (κ1) is 16.5. The predicted molar refractivity (Wildman–Crippen MR) is 90.4 cm³/mol. The summed E-state index contributed by atoms with van der Waals surface area (Å²) in [5, 5.41) is 4.12. The number of nitrogens with one attached hydrogen (secondary N) is 1. The fourth-order valence-electron chi connectivity index (χ4n) is 2.36. The highest BCUT2D eigenvalue weighted by molar-refractivity contribution is 9.10. The van der Waals surface area contributed by atoms with Crippen LogP contribution >= 0.6 is 27.5 Å². The maximum absolute atomic E-state index is 14.5. The van der Waals surface area contributed by atoms with Gasteiger partial charge in [-0.2, -0.15) is 0 Å². The van der Waals surface area contributed by atoms with Gasteiger partial charge in [0.05, 0.1) is 10.5 Å². The molecule has 21 heavy (non-hydrogen) atoms. The smallest absolute Gasteiger partial charge is 0.142 e. The van der Waals surface area contributed by atoms with E-state index in [9.17, 15) is 4.39 Å². The molecule has 2 rings (SSSR count). The van der Waals surface area contributed by atoms with Crippen molar-refractivity contribution in [3.8, 4) is 0 Å². The summed E-state index contributed by atoms with van der Waals surface area (Å²) in [6.07, 6.45) is 0.978. The van der Waals surface area contributed by atoms with Gasteiger partial charge in [0.2, 0.25) is 0 Å². The van der Waals surface area contributed by atoms with Gasteiger partial charge in [0.15, 0.2) is 0 Å². The Morgan fingerprint density at radius 1 is 1.19 bits per heavy atom. The van der Waals surface area contributed by atoms with Crippen LogP contribution in [0.2, 0.25) is 5.02 Å². The number of rotatable bonds is 5. The Labute approximate surface area is 138 Å². The van der Waals surface area contributed by atoms with Crippen LogP contribution in [-0.4, -0.2) is 6.54 Å². The second-order valence-corrected chi connectivity index (χ2v) is 6.25. The summed E-state index contributed by atoms with van der Waals surface area (Å²) in [6.45, 7) is 4.86.